The minimum absolute atomic E-state index is 0.107. The molecule has 1 aliphatic carbocycles. The first kappa shape index (κ1) is 12.9. The summed E-state index contributed by atoms with van der Waals surface area (Å²) in [5.41, 5.74) is 6.21. The fraction of sp³-hybridized carbons (Fsp3) is 0.533. The quantitative estimate of drug-likeness (QED) is 0.869. The van der Waals surface area contributed by atoms with Gasteiger partial charge in [-0.2, -0.15) is 0 Å². The van der Waals surface area contributed by atoms with Crippen LogP contribution < -0.4 is 10.5 Å². The first-order valence-electron chi connectivity index (χ1n) is 6.56. The van der Waals surface area contributed by atoms with E-state index in [4.69, 9.17) is 10.5 Å². The molecule has 0 unspecified atom stereocenters. The summed E-state index contributed by atoms with van der Waals surface area (Å²) >= 11 is 0. The van der Waals surface area contributed by atoms with Crippen LogP contribution in [0.15, 0.2) is 24.3 Å². The standard InChI is InChI=1S/C15H21NO2/c1-11(10-15(2)8-5-9-15)18-13-7-4-3-6-12(13)14(16)17/h3-4,6-7,11H,5,8-10H2,1-2H3,(H2,16,17)/t11-/m0/s1. The van der Waals surface area contributed by atoms with Crippen LogP contribution in [0, 0.1) is 5.41 Å². The molecule has 98 valence electrons. The Morgan fingerprint density at radius 2 is 2.11 bits per heavy atom. The Morgan fingerprint density at radius 1 is 1.44 bits per heavy atom. The van der Waals surface area contributed by atoms with Crippen molar-refractivity contribution in [2.24, 2.45) is 11.1 Å². The number of nitrogens with two attached hydrogens (primary N) is 1. The number of hydrogen-bond acceptors (Lipinski definition) is 2. The second-order valence-electron chi connectivity index (χ2n) is 5.66. The second-order valence-corrected chi connectivity index (χ2v) is 5.66. The molecule has 0 heterocycles. The van der Waals surface area contributed by atoms with E-state index < -0.39 is 5.91 Å². The van der Waals surface area contributed by atoms with Crippen molar-refractivity contribution in [1.82, 2.24) is 0 Å². The van der Waals surface area contributed by atoms with E-state index in [2.05, 4.69) is 13.8 Å². The van der Waals surface area contributed by atoms with Gasteiger partial charge >= 0.3 is 0 Å². The van der Waals surface area contributed by atoms with Crippen molar-refractivity contribution in [3.63, 3.8) is 0 Å². The highest BCUT2D eigenvalue weighted by Crippen LogP contribution is 2.44. The zero-order valence-electron chi connectivity index (χ0n) is 11.1. The van der Waals surface area contributed by atoms with Crippen LogP contribution >= 0.6 is 0 Å². The number of para-hydroxylation sites is 1. The zero-order valence-corrected chi connectivity index (χ0v) is 11.1. The largest absolute Gasteiger partial charge is 0.490 e. The highest BCUT2D eigenvalue weighted by molar-refractivity contribution is 5.95. The Bertz CT molecular complexity index is 438. The van der Waals surface area contributed by atoms with E-state index in [1.165, 1.54) is 19.3 Å². The summed E-state index contributed by atoms with van der Waals surface area (Å²) in [6.45, 7) is 4.36. The summed E-state index contributed by atoms with van der Waals surface area (Å²) in [6, 6.07) is 7.17. The smallest absolute Gasteiger partial charge is 0.252 e. The van der Waals surface area contributed by atoms with Crippen molar-refractivity contribution in [1.29, 1.82) is 0 Å². The van der Waals surface area contributed by atoms with Gasteiger partial charge < -0.3 is 10.5 Å². The molecule has 18 heavy (non-hydrogen) atoms. The van der Waals surface area contributed by atoms with E-state index in [1.54, 1.807) is 18.2 Å². The molecule has 2 N–H and O–H groups in total. The molecule has 0 saturated heterocycles. The second kappa shape index (κ2) is 5.01. The van der Waals surface area contributed by atoms with Gasteiger partial charge in [-0.05, 0) is 43.7 Å². The summed E-state index contributed by atoms with van der Waals surface area (Å²) in [7, 11) is 0. The van der Waals surface area contributed by atoms with Crippen molar-refractivity contribution in [2.75, 3.05) is 0 Å². The first-order valence-corrected chi connectivity index (χ1v) is 6.56. The average Bonchev–Trinajstić information content (AvgIpc) is 2.27. The van der Waals surface area contributed by atoms with Crippen molar-refractivity contribution in [3.8, 4) is 5.75 Å². The molecule has 0 aromatic heterocycles. The molecule has 0 radical (unpaired) electrons. The number of benzene rings is 1. The molecule has 3 heteroatoms. The number of primary amides is 1. The van der Waals surface area contributed by atoms with Crippen LogP contribution in [0.1, 0.15) is 49.9 Å². The molecule has 1 aromatic rings. The Kier molecular flexibility index (Phi) is 3.60. The van der Waals surface area contributed by atoms with Crippen LogP contribution in [0.4, 0.5) is 0 Å². The molecule has 1 atom stereocenters. The fourth-order valence-electron chi connectivity index (χ4n) is 2.71. The van der Waals surface area contributed by atoms with Crippen LogP contribution in [0.25, 0.3) is 0 Å². The highest BCUT2D eigenvalue weighted by atomic mass is 16.5. The Labute approximate surface area is 108 Å². The molecule has 0 aliphatic heterocycles. The Morgan fingerprint density at radius 3 is 2.67 bits per heavy atom. The summed E-state index contributed by atoms with van der Waals surface area (Å²) in [5, 5.41) is 0. The van der Waals surface area contributed by atoms with Gasteiger partial charge in [-0.1, -0.05) is 25.5 Å². The maximum atomic E-state index is 11.3. The molecular formula is C15H21NO2. The third kappa shape index (κ3) is 2.84. The lowest BCUT2D eigenvalue weighted by atomic mass is 9.67. The number of rotatable bonds is 5. The predicted molar refractivity (Wildman–Crippen MR) is 71.6 cm³/mol. The van der Waals surface area contributed by atoms with Gasteiger partial charge in [-0.3, -0.25) is 4.79 Å². The third-order valence-electron chi connectivity index (χ3n) is 3.82. The molecule has 0 bridgehead atoms. The van der Waals surface area contributed by atoms with Gasteiger partial charge in [-0.15, -0.1) is 0 Å². The number of hydrogen-bond donors (Lipinski definition) is 1. The van der Waals surface area contributed by atoms with Gasteiger partial charge in [0.25, 0.3) is 5.91 Å². The van der Waals surface area contributed by atoms with Crippen LogP contribution in [0.5, 0.6) is 5.75 Å². The number of ether oxygens (including phenoxy) is 1. The normalized spacial score (nSPS) is 18.8. The highest BCUT2D eigenvalue weighted by Gasteiger charge is 2.33. The maximum Gasteiger partial charge on any atom is 0.252 e. The lowest BCUT2D eigenvalue weighted by Crippen LogP contribution is -2.31. The zero-order chi connectivity index (χ0) is 13.2. The summed E-state index contributed by atoms with van der Waals surface area (Å²) in [6.07, 6.45) is 5.01. The molecule has 2 rings (SSSR count). The lowest BCUT2D eigenvalue weighted by molar-refractivity contribution is 0.0760. The van der Waals surface area contributed by atoms with E-state index in [9.17, 15) is 4.79 Å². The molecule has 1 saturated carbocycles. The average molecular weight is 247 g/mol. The van der Waals surface area contributed by atoms with E-state index >= 15 is 0 Å². The monoisotopic (exact) mass is 247 g/mol. The van der Waals surface area contributed by atoms with Crippen molar-refractivity contribution >= 4 is 5.91 Å². The molecular weight excluding hydrogens is 226 g/mol. The van der Waals surface area contributed by atoms with E-state index in [-0.39, 0.29) is 6.10 Å². The van der Waals surface area contributed by atoms with Crippen LogP contribution in [-0.4, -0.2) is 12.0 Å². The Hall–Kier alpha value is -1.51. The number of carbonyl (C=O) groups excluding carboxylic acids is 1. The van der Waals surface area contributed by atoms with Crippen molar-refractivity contribution in [3.05, 3.63) is 29.8 Å². The molecule has 1 aliphatic rings. The van der Waals surface area contributed by atoms with Crippen LogP contribution in [0.2, 0.25) is 0 Å². The minimum atomic E-state index is -0.437. The molecule has 1 fully saturated rings. The molecule has 1 amide bonds. The van der Waals surface area contributed by atoms with E-state index in [0.29, 0.717) is 16.7 Å². The molecule has 0 spiro atoms. The van der Waals surface area contributed by atoms with Gasteiger partial charge in [0.2, 0.25) is 0 Å². The lowest BCUT2D eigenvalue weighted by Gasteiger charge is -2.40. The predicted octanol–water partition coefficient (Wildman–Crippen LogP) is 3.13. The van der Waals surface area contributed by atoms with Crippen molar-refractivity contribution in [2.45, 2.75) is 45.6 Å². The fourth-order valence-corrected chi connectivity index (χ4v) is 2.71. The van der Waals surface area contributed by atoms with Gasteiger partial charge in [0.05, 0.1) is 11.7 Å². The van der Waals surface area contributed by atoms with Crippen LogP contribution in [0.3, 0.4) is 0 Å². The summed E-state index contributed by atoms with van der Waals surface area (Å²) in [5.74, 6) is 0.160. The number of carbonyl (C=O) groups is 1. The summed E-state index contributed by atoms with van der Waals surface area (Å²) < 4.78 is 5.88. The van der Waals surface area contributed by atoms with Gasteiger partial charge in [0.15, 0.2) is 0 Å². The summed E-state index contributed by atoms with van der Waals surface area (Å²) in [4.78, 5) is 11.3. The maximum absolute atomic E-state index is 11.3. The topological polar surface area (TPSA) is 52.3 Å². The van der Waals surface area contributed by atoms with E-state index in [0.717, 1.165) is 6.42 Å². The minimum Gasteiger partial charge on any atom is -0.490 e. The van der Waals surface area contributed by atoms with Gasteiger partial charge in [0, 0.05) is 0 Å². The van der Waals surface area contributed by atoms with Crippen LogP contribution in [-0.2, 0) is 0 Å². The Balaban J connectivity index is 2.02. The van der Waals surface area contributed by atoms with Gasteiger partial charge in [0.1, 0.15) is 5.75 Å². The van der Waals surface area contributed by atoms with E-state index in [1.807, 2.05) is 6.07 Å². The molecule has 1 aromatic carbocycles. The van der Waals surface area contributed by atoms with Gasteiger partial charge in [-0.25, -0.2) is 0 Å². The van der Waals surface area contributed by atoms with Crippen molar-refractivity contribution < 1.29 is 9.53 Å². The first-order chi connectivity index (χ1) is 8.50. The third-order valence-corrected chi connectivity index (χ3v) is 3.82. The SMILES string of the molecule is C[C@@H](CC1(C)CCC1)Oc1ccccc1C(N)=O. The number of amides is 1. The molecule has 3 nitrogen and oxygen atoms in total.